The summed E-state index contributed by atoms with van der Waals surface area (Å²) in [5, 5.41) is 0.757. The van der Waals surface area contributed by atoms with Crippen LogP contribution in [0.15, 0.2) is 62.4 Å². The molecular weight excluding hydrogens is 360 g/mol. The van der Waals surface area contributed by atoms with Gasteiger partial charge in [0, 0.05) is 9.86 Å². The Morgan fingerprint density at radius 3 is 2.74 bits per heavy atom. The summed E-state index contributed by atoms with van der Waals surface area (Å²) in [6, 6.07) is 14.4. The number of hydrogen-bond donors (Lipinski definition) is 1. The van der Waals surface area contributed by atoms with Crippen LogP contribution >= 0.6 is 15.9 Å². The second-order valence-corrected chi connectivity index (χ2v) is 5.71. The van der Waals surface area contributed by atoms with Crippen LogP contribution in [0.5, 0.6) is 5.75 Å². The van der Waals surface area contributed by atoms with Gasteiger partial charge in [0.1, 0.15) is 22.6 Å². The molecule has 0 atom stereocenters. The molecule has 0 radical (unpaired) electrons. The highest BCUT2D eigenvalue weighted by atomic mass is 79.9. The summed E-state index contributed by atoms with van der Waals surface area (Å²) in [5.74, 6) is -0.0294. The molecule has 3 rings (SSSR count). The predicted molar refractivity (Wildman–Crippen MR) is 90.6 cm³/mol. The minimum Gasteiger partial charge on any atom is -0.494 e. The maximum absolute atomic E-state index is 11.8. The van der Waals surface area contributed by atoms with Crippen molar-refractivity contribution in [1.82, 2.24) is 0 Å². The van der Waals surface area contributed by atoms with Gasteiger partial charge in [-0.2, -0.15) is 0 Å². The van der Waals surface area contributed by atoms with Crippen molar-refractivity contribution in [2.24, 2.45) is 10.7 Å². The maximum atomic E-state index is 11.8. The highest BCUT2D eigenvalue weighted by molar-refractivity contribution is 9.10. The number of rotatable bonds is 3. The zero-order valence-electron chi connectivity index (χ0n) is 12.2. The van der Waals surface area contributed by atoms with Crippen LogP contribution in [-0.2, 0) is 0 Å². The zero-order valence-corrected chi connectivity index (χ0v) is 13.8. The van der Waals surface area contributed by atoms with Crippen molar-refractivity contribution in [3.8, 4) is 5.75 Å². The number of primary amides is 1. The van der Waals surface area contributed by atoms with Crippen molar-refractivity contribution >= 4 is 38.5 Å². The third-order valence-corrected chi connectivity index (χ3v) is 3.77. The molecule has 2 N–H and O–H groups in total. The van der Waals surface area contributed by atoms with Crippen LogP contribution in [0.1, 0.15) is 10.4 Å². The summed E-state index contributed by atoms with van der Waals surface area (Å²) in [7, 11) is 1.55. The van der Waals surface area contributed by atoms with Crippen LogP contribution in [0.2, 0.25) is 0 Å². The van der Waals surface area contributed by atoms with Crippen molar-refractivity contribution in [2.75, 3.05) is 7.11 Å². The van der Waals surface area contributed by atoms with Crippen molar-refractivity contribution in [3.63, 3.8) is 0 Å². The zero-order chi connectivity index (χ0) is 16.4. The Labute approximate surface area is 140 Å². The van der Waals surface area contributed by atoms with Crippen LogP contribution in [0.4, 0.5) is 5.69 Å². The molecule has 6 heteroatoms. The third-order valence-electron chi connectivity index (χ3n) is 3.28. The smallest absolute Gasteiger partial charge is 0.254 e. The number of carbonyl (C=O) groups excluding carboxylic acids is 1. The van der Waals surface area contributed by atoms with E-state index in [1.165, 1.54) is 0 Å². The lowest BCUT2D eigenvalue weighted by atomic mass is 10.2. The maximum Gasteiger partial charge on any atom is 0.254 e. The van der Waals surface area contributed by atoms with Gasteiger partial charge in [0.25, 0.3) is 5.91 Å². The number of carbonyl (C=O) groups is 1. The van der Waals surface area contributed by atoms with E-state index in [1.807, 2.05) is 24.3 Å². The fourth-order valence-corrected chi connectivity index (χ4v) is 2.57. The van der Waals surface area contributed by atoms with Gasteiger partial charge in [-0.1, -0.05) is 28.1 Å². The number of halogens is 1. The van der Waals surface area contributed by atoms with Gasteiger partial charge in [-0.05, 0) is 36.4 Å². The molecule has 0 unspecified atom stereocenters. The number of para-hydroxylation sites is 2. The molecular formula is C17H13BrN2O3. The molecule has 23 heavy (non-hydrogen) atoms. The van der Waals surface area contributed by atoms with Crippen molar-refractivity contribution in [3.05, 3.63) is 64.1 Å². The highest BCUT2D eigenvalue weighted by Crippen LogP contribution is 2.26. The van der Waals surface area contributed by atoms with E-state index in [9.17, 15) is 4.79 Å². The Hall–Kier alpha value is -2.60. The van der Waals surface area contributed by atoms with Gasteiger partial charge >= 0.3 is 0 Å². The fourth-order valence-electron chi connectivity index (χ4n) is 2.19. The molecule has 0 aliphatic heterocycles. The van der Waals surface area contributed by atoms with Crippen LogP contribution in [0.3, 0.4) is 0 Å². The lowest BCUT2D eigenvalue weighted by Gasteiger charge is -2.05. The van der Waals surface area contributed by atoms with E-state index in [0.717, 1.165) is 9.86 Å². The second kappa shape index (κ2) is 6.26. The Morgan fingerprint density at radius 1 is 1.22 bits per heavy atom. The Balaban J connectivity index is 2.31. The van der Waals surface area contributed by atoms with E-state index in [4.69, 9.17) is 14.9 Å². The minimum atomic E-state index is -0.607. The summed E-state index contributed by atoms with van der Waals surface area (Å²) in [6.07, 6.45) is 0. The van der Waals surface area contributed by atoms with Gasteiger partial charge in [-0.25, -0.2) is 4.99 Å². The molecule has 1 heterocycles. The highest BCUT2D eigenvalue weighted by Gasteiger charge is 2.10. The number of methoxy groups -OCH3 is 1. The normalized spacial score (nSPS) is 11.7. The van der Waals surface area contributed by atoms with Crippen molar-refractivity contribution in [1.29, 1.82) is 0 Å². The molecule has 116 valence electrons. The van der Waals surface area contributed by atoms with Gasteiger partial charge in [-0.3, -0.25) is 4.79 Å². The summed E-state index contributed by atoms with van der Waals surface area (Å²) in [4.78, 5) is 16.2. The molecule has 0 spiro atoms. The van der Waals surface area contributed by atoms with Crippen LogP contribution in [0.25, 0.3) is 11.0 Å². The topological polar surface area (TPSA) is 77.8 Å². The number of nitrogens with zero attached hydrogens (tertiary/aromatic N) is 1. The fraction of sp³-hybridized carbons (Fsp3) is 0.0588. The van der Waals surface area contributed by atoms with Crippen LogP contribution in [-0.4, -0.2) is 13.0 Å². The second-order valence-electron chi connectivity index (χ2n) is 4.80. The SMILES string of the molecule is COc1ccccc1N=c1oc2ccc(Br)cc2cc1C(N)=O. The molecule has 0 saturated carbocycles. The third kappa shape index (κ3) is 3.12. The quantitative estimate of drug-likeness (QED) is 0.763. The van der Waals surface area contributed by atoms with E-state index in [2.05, 4.69) is 20.9 Å². The van der Waals surface area contributed by atoms with Crippen LogP contribution in [0, 0.1) is 0 Å². The van der Waals surface area contributed by atoms with Crippen molar-refractivity contribution in [2.45, 2.75) is 0 Å². The predicted octanol–water partition coefficient (Wildman–Crippen LogP) is 3.54. The molecule has 1 amide bonds. The molecule has 3 aromatic rings. The van der Waals surface area contributed by atoms with E-state index in [-0.39, 0.29) is 11.1 Å². The van der Waals surface area contributed by atoms with Gasteiger partial charge in [0.2, 0.25) is 5.55 Å². The average molecular weight is 373 g/mol. The summed E-state index contributed by atoms with van der Waals surface area (Å²) >= 11 is 3.39. The molecule has 1 aromatic heterocycles. The largest absolute Gasteiger partial charge is 0.494 e. The first-order valence-corrected chi connectivity index (χ1v) is 7.59. The number of amides is 1. The van der Waals surface area contributed by atoms with Gasteiger partial charge in [-0.15, -0.1) is 0 Å². The van der Waals surface area contributed by atoms with E-state index in [1.54, 1.807) is 31.4 Å². The van der Waals surface area contributed by atoms with Gasteiger partial charge in [0.15, 0.2) is 0 Å². The average Bonchev–Trinajstić information content (AvgIpc) is 2.54. The lowest BCUT2D eigenvalue weighted by molar-refractivity contribution is 0.0996. The van der Waals surface area contributed by atoms with Crippen molar-refractivity contribution < 1.29 is 13.9 Å². The number of ether oxygens (including phenoxy) is 1. The first-order chi connectivity index (χ1) is 11.1. The molecule has 0 saturated heterocycles. The number of benzene rings is 2. The summed E-state index contributed by atoms with van der Waals surface area (Å²) < 4.78 is 11.9. The van der Waals surface area contributed by atoms with Gasteiger partial charge < -0.3 is 14.9 Å². The minimum absolute atomic E-state index is 0.150. The van der Waals surface area contributed by atoms with E-state index >= 15 is 0 Å². The first kappa shape index (κ1) is 15.3. The molecule has 5 nitrogen and oxygen atoms in total. The molecule has 0 aliphatic carbocycles. The molecule has 0 aliphatic rings. The summed E-state index contributed by atoms with van der Waals surface area (Å²) in [5.41, 5.74) is 6.98. The monoisotopic (exact) mass is 372 g/mol. The Kier molecular flexibility index (Phi) is 4.16. The van der Waals surface area contributed by atoms with E-state index < -0.39 is 5.91 Å². The van der Waals surface area contributed by atoms with Crippen LogP contribution < -0.4 is 16.0 Å². The lowest BCUT2D eigenvalue weighted by Crippen LogP contribution is -2.21. The molecule has 0 bridgehead atoms. The first-order valence-electron chi connectivity index (χ1n) is 6.79. The van der Waals surface area contributed by atoms with E-state index in [0.29, 0.717) is 17.0 Å². The number of hydrogen-bond acceptors (Lipinski definition) is 4. The number of nitrogens with two attached hydrogens (primary N) is 1. The summed E-state index contributed by atoms with van der Waals surface area (Å²) in [6.45, 7) is 0. The standard InChI is InChI=1S/C17H13BrN2O3/c1-22-15-5-3-2-4-13(15)20-17-12(16(19)21)9-10-8-11(18)6-7-14(10)23-17/h2-9H,1H3,(H2,19,21). The van der Waals surface area contributed by atoms with Gasteiger partial charge in [0.05, 0.1) is 7.11 Å². The number of fused-ring (bicyclic) bond motifs is 1. The Bertz CT molecular complexity index is 963. The molecule has 2 aromatic carbocycles. The molecule has 0 fully saturated rings. The Morgan fingerprint density at radius 2 is 2.00 bits per heavy atom.